The van der Waals surface area contributed by atoms with Crippen LogP contribution in [-0.2, 0) is 18.4 Å². The summed E-state index contributed by atoms with van der Waals surface area (Å²) in [4.78, 5) is 37.7. The molecule has 1 aliphatic heterocycles. The monoisotopic (exact) mass is 593 g/mol. The quantitative estimate of drug-likeness (QED) is 0.170. The Kier molecular flexibility index (Phi) is 8.21. The molecule has 41 heavy (non-hydrogen) atoms. The van der Waals surface area contributed by atoms with Crippen LogP contribution in [-0.4, -0.2) is 48.0 Å². The predicted octanol–water partition coefficient (Wildman–Crippen LogP) is 4.63. The molecular formula is C27H24FN7O4S2. The lowest BCUT2D eigenvalue weighted by Gasteiger charge is -2.21. The van der Waals surface area contributed by atoms with Crippen molar-refractivity contribution in [3.05, 3.63) is 103 Å². The fourth-order valence-electron chi connectivity index (χ4n) is 4.42. The first-order chi connectivity index (χ1) is 19.7. The second-order valence-electron chi connectivity index (χ2n) is 9.17. The molecule has 1 aliphatic rings. The number of hydrogen-bond donors (Lipinski definition) is 1. The minimum atomic E-state index is -0.530. The summed E-state index contributed by atoms with van der Waals surface area (Å²) in [5, 5.41) is 30.7. The Morgan fingerprint density at radius 3 is 2.66 bits per heavy atom. The number of thiophene rings is 1. The Hall–Kier alpha value is -4.43. The van der Waals surface area contributed by atoms with Crippen LogP contribution in [0.5, 0.6) is 0 Å². The minimum Gasteiger partial charge on any atom is -0.345 e. The maximum atomic E-state index is 13.6. The first kappa shape index (κ1) is 28.1. The number of carbonyl (C=O) groups is 2. The van der Waals surface area contributed by atoms with Crippen LogP contribution in [0.4, 0.5) is 10.1 Å². The summed E-state index contributed by atoms with van der Waals surface area (Å²) in [7, 11) is 1.72. The molecule has 0 saturated heterocycles. The van der Waals surface area contributed by atoms with E-state index in [1.807, 2.05) is 17.5 Å². The van der Waals surface area contributed by atoms with Gasteiger partial charge in [0, 0.05) is 30.7 Å². The summed E-state index contributed by atoms with van der Waals surface area (Å²) in [6.07, 6.45) is 0.514. The van der Waals surface area contributed by atoms with Gasteiger partial charge < -0.3 is 9.88 Å². The molecule has 1 atom stereocenters. The van der Waals surface area contributed by atoms with Crippen LogP contribution in [0.3, 0.4) is 0 Å². The highest BCUT2D eigenvalue weighted by Crippen LogP contribution is 2.34. The summed E-state index contributed by atoms with van der Waals surface area (Å²) in [6.45, 7) is 1.56. The van der Waals surface area contributed by atoms with Gasteiger partial charge in [-0.3, -0.25) is 19.7 Å². The van der Waals surface area contributed by atoms with Crippen LogP contribution < -0.4 is 5.32 Å². The summed E-state index contributed by atoms with van der Waals surface area (Å²) in [6, 6.07) is 13.9. The van der Waals surface area contributed by atoms with Gasteiger partial charge in [0.2, 0.25) is 0 Å². The normalized spacial score (nSPS) is 14.7. The van der Waals surface area contributed by atoms with E-state index in [2.05, 4.69) is 20.6 Å². The molecule has 3 heterocycles. The van der Waals surface area contributed by atoms with Gasteiger partial charge >= 0.3 is 0 Å². The first-order valence-corrected chi connectivity index (χ1v) is 14.3. The Bertz CT molecular complexity index is 1640. The van der Waals surface area contributed by atoms with Crippen LogP contribution in [0.1, 0.15) is 44.6 Å². The van der Waals surface area contributed by atoms with E-state index < -0.39 is 10.8 Å². The highest BCUT2D eigenvalue weighted by atomic mass is 32.2. The number of nitro groups is 1. The molecule has 1 N–H and O–H groups in total. The van der Waals surface area contributed by atoms with Crippen molar-refractivity contribution in [1.29, 1.82) is 0 Å². The molecule has 0 bridgehead atoms. The van der Waals surface area contributed by atoms with E-state index in [-0.39, 0.29) is 46.9 Å². The number of aromatic nitrogens is 3. The third-order valence-corrected chi connectivity index (χ3v) is 8.55. The molecule has 14 heteroatoms. The zero-order chi connectivity index (χ0) is 29.1. The standard InChI is InChI=1S/C27H24FN7O4S2/c1-16-19(5-3-6-21(16)35(38)39)26(37)29-14-24-30-31-27(33(24)2)41-15-25(36)34-22(17-8-10-18(28)11-9-17)13-20(32-34)23-7-4-12-40-23/h3-12,22H,13-15H2,1-2H3,(H,29,37)/t22-/m0/s1. The van der Waals surface area contributed by atoms with Gasteiger partial charge in [0.05, 0.1) is 33.9 Å². The highest BCUT2D eigenvalue weighted by molar-refractivity contribution is 7.99. The number of nitrogens with one attached hydrogen (secondary N) is 1. The summed E-state index contributed by atoms with van der Waals surface area (Å²) < 4.78 is 15.2. The Morgan fingerprint density at radius 2 is 1.95 bits per heavy atom. The van der Waals surface area contributed by atoms with Crippen molar-refractivity contribution < 1.29 is 18.9 Å². The van der Waals surface area contributed by atoms with Gasteiger partial charge in [0.15, 0.2) is 11.0 Å². The number of carbonyl (C=O) groups excluding carboxylic acids is 2. The lowest BCUT2D eigenvalue weighted by molar-refractivity contribution is -0.385. The average molecular weight is 594 g/mol. The van der Waals surface area contributed by atoms with Crippen molar-refractivity contribution >= 4 is 46.3 Å². The molecule has 0 fully saturated rings. The molecular weight excluding hydrogens is 569 g/mol. The molecule has 0 spiro atoms. The van der Waals surface area contributed by atoms with E-state index in [9.17, 15) is 24.1 Å². The summed E-state index contributed by atoms with van der Waals surface area (Å²) >= 11 is 2.72. The number of thioether (sulfide) groups is 1. The lowest BCUT2D eigenvalue weighted by atomic mass is 10.0. The predicted molar refractivity (Wildman–Crippen MR) is 152 cm³/mol. The Labute approximate surface area is 242 Å². The molecule has 2 aromatic heterocycles. The minimum absolute atomic E-state index is 0.0319. The second kappa shape index (κ2) is 12.0. The maximum absolute atomic E-state index is 13.6. The zero-order valence-electron chi connectivity index (χ0n) is 22.0. The van der Waals surface area contributed by atoms with Crippen molar-refractivity contribution in [2.45, 2.75) is 31.1 Å². The van der Waals surface area contributed by atoms with Crippen LogP contribution in [0.2, 0.25) is 0 Å². The molecule has 4 aromatic rings. The number of nitrogens with zero attached hydrogens (tertiary/aromatic N) is 6. The van der Waals surface area contributed by atoms with Crippen molar-refractivity contribution in [3.8, 4) is 0 Å². The highest BCUT2D eigenvalue weighted by Gasteiger charge is 2.33. The van der Waals surface area contributed by atoms with Crippen LogP contribution in [0.15, 0.2) is 70.2 Å². The third-order valence-electron chi connectivity index (χ3n) is 6.63. The molecule has 0 aliphatic carbocycles. The maximum Gasteiger partial charge on any atom is 0.273 e. The summed E-state index contributed by atoms with van der Waals surface area (Å²) in [5.74, 6) is -0.591. The molecule has 2 aromatic carbocycles. The van der Waals surface area contributed by atoms with E-state index in [4.69, 9.17) is 0 Å². The second-order valence-corrected chi connectivity index (χ2v) is 11.1. The largest absolute Gasteiger partial charge is 0.345 e. The Morgan fingerprint density at radius 1 is 1.17 bits per heavy atom. The zero-order valence-corrected chi connectivity index (χ0v) is 23.6. The van der Waals surface area contributed by atoms with Gasteiger partial charge in [-0.25, -0.2) is 9.40 Å². The SMILES string of the molecule is Cc1c(C(=O)NCc2nnc(SCC(=O)N3N=C(c4cccs4)C[C@H]3c3ccc(F)cc3)n2C)cccc1[N+](=O)[O-]. The van der Waals surface area contributed by atoms with E-state index in [1.54, 1.807) is 35.1 Å². The molecule has 2 amide bonds. The van der Waals surface area contributed by atoms with E-state index in [0.29, 0.717) is 17.4 Å². The van der Waals surface area contributed by atoms with E-state index >= 15 is 0 Å². The van der Waals surface area contributed by atoms with Crippen molar-refractivity contribution in [1.82, 2.24) is 25.1 Å². The van der Waals surface area contributed by atoms with Crippen LogP contribution in [0, 0.1) is 22.9 Å². The smallest absolute Gasteiger partial charge is 0.273 e. The molecule has 0 saturated carbocycles. The number of halogens is 1. The third kappa shape index (κ3) is 6.02. The van der Waals surface area contributed by atoms with Gasteiger partial charge in [-0.1, -0.05) is 36.0 Å². The van der Waals surface area contributed by atoms with Gasteiger partial charge in [-0.05, 0) is 42.1 Å². The molecule has 210 valence electrons. The molecule has 0 radical (unpaired) electrons. The number of nitro benzene ring substituents is 1. The van der Waals surface area contributed by atoms with Crippen molar-refractivity contribution in [2.75, 3.05) is 5.75 Å². The molecule has 0 unspecified atom stereocenters. The van der Waals surface area contributed by atoms with Crippen molar-refractivity contribution in [2.24, 2.45) is 12.1 Å². The van der Waals surface area contributed by atoms with E-state index in [0.717, 1.165) is 16.2 Å². The fraction of sp³-hybridized carbons (Fsp3) is 0.222. The number of rotatable bonds is 9. The summed E-state index contributed by atoms with van der Waals surface area (Å²) in [5.41, 5.74) is 1.92. The number of hydrogen-bond acceptors (Lipinski definition) is 9. The molecule has 11 nitrogen and oxygen atoms in total. The van der Waals surface area contributed by atoms with Gasteiger partial charge in [-0.15, -0.1) is 21.5 Å². The van der Waals surface area contributed by atoms with E-state index in [1.165, 1.54) is 54.0 Å². The number of hydrazone groups is 1. The van der Waals surface area contributed by atoms with Crippen LogP contribution in [0.25, 0.3) is 0 Å². The topological polar surface area (TPSA) is 136 Å². The molecule has 5 rings (SSSR count). The Balaban J connectivity index is 1.25. The van der Waals surface area contributed by atoms with Crippen molar-refractivity contribution in [3.63, 3.8) is 0 Å². The van der Waals surface area contributed by atoms with Gasteiger partial charge in [-0.2, -0.15) is 5.10 Å². The van der Waals surface area contributed by atoms with Gasteiger partial charge in [0.1, 0.15) is 5.82 Å². The van der Waals surface area contributed by atoms with Crippen LogP contribution >= 0.6 is 23.1 Å². The number of amides is 2. The lowest BCUT2D eigenvalue weighted by Crippen LogP contribution is -2.28. The van der Waals surface area contributed by atoms with Gasteiger partial charge in [0.25, 0.3) is 17.5 Å². The average Bonchev–Trinajstić information content (AvgIpc) is 3.71. The number of benzene rings is 2. The fourth-order valence-corrected chi connectivity index (χ4v) is 5.92. The first-order valence-electron chi connectivity index (χ1n) is 12.4.